The normalized spacial score (nSPS) is 10.8. The molecule has 0 aromatic heterocycles. The van der Waals surface area contributed by atoms with Crippen molar-refractivity contribution < 1.29 is 14.3 Å². The molecule has 0 saturated carbocycles. The first-order chi connectivity index (χ1) is 5.54. The van der Waals surface area contributed by atoms with E-state index >= 15 is 0 Å². The first kappa shape index (κ1) is 11.4. The van der Waals surface area contributed by atoms with Crippen molar-refractivity contribution >= 4 is 5.97 Å². The Kier molecular flexibility index (Phi) is 5.61. The molecule has 0 atom stereocenters. The third kappa shape index (κ3) is 6.09. The summed E-state index contributed by atoms with van der Waals surface area (Å²) in [6.07, 6.45) is -0.803. The molecule has 0 spiro atoms. The molecule has 0 bridgehead atoms. The molecule has 0 aliphatic carbocycles. The van der Waals surface area contributed by atoms with Crippen molar-refractivity contribution in [3.05, 3.63) is 0 Å². The van der Waals surface area contributed by atoms with Crippen LogP contribution in [-0.2, 0) is 14.3 Å². The maximum Gasteiger partial charge on any atom is 0.308 e. The first-order valence-electron chi connectivity index (χ1n) is 3.83. The number of hydrogen-bond donors (Lipinski definition) is 2. The fourth-order valence-corrected chi connectivity index (χ4v) is 0.493. The summed E-state index contributed by atoms with van der Waals surface area (Å²) in [7, 11) is 0. The van der Waals surface area contributed by atoms with Gasteiger partial charge in [-0.2, -0.15) is 0 Å². The summed E-state index contributed by atoms with van der Waals surface area (Å²) in [5, 5.41) is 0. The van der Waals surface area contributed by atoms with Gasteiger partial charge in [-0.15, -0.1) is 0 Å². The van der Waals surface area contributed by atoms with Crippen LogP contribution in [0.25, 0.3) is 0 Å². The van der Waals surface area contributed by atoms with E-state index in [4.69, 9.17) is 20.9 Å². The second-order valence-electron chi connectivity index (χ2n) is 2.66. The number of carbonyl (C=O) groups is 1. The molecule has 12 heavy (non-hydrogen) atoms. The van der Waals surface area contributed by atoms with E-state index in [2.05, 4.69) is 0 Å². The summed E-state index contributed by atoms with van der Waals surface area (Å²) in [6, 6.07) is 0. The van der Waals surface area contributed by atoms with E-state index in [1.807, 2.05) is 0 Å². The molecule has 0 saturated heterocycles. The second kappa shape index (κ2) is 5.93. The van der Waals surface area contributed by atoms with Crippen LogP contribution in [0.15, 0.2) is 0 Å². The highest BCUT2D eigenvalue weighted by Crippen LogP contribution is 1.94. The molecule has 4 N–H and O–H groups in total. The molecule has 0 amide bonds. The van der Waals surface area contributed by atoms with Gasteiger partial charge >= 0.3 is 5.97 Å². The van der Waals surface area contributed by atoms with Crippen LogP contribution in [0.1, 0.15) is 13.8 Å². The van der Waals surface area contributed by atoms with E-state index in [0.717, 1.165) is 0 Å². The molecule has 0 aromatic carbocycles. The maximum atomic E-state index is 10.8. The Morgan fingerprint density at radius 2 is 1.92 bits per heavy atom. The van der Waals surface area contributed by atoms with Crippen molar-refractivity contribution in [2.24, 2.45) is 17.4 Å². The number of nitrogens with two attached hydrogens (primary N) is 2. The predicted molar refractivity (Wildman–Crippen MR) is 43.9 cm³/mol. The Morgan fingerprint density at radius 1 is 1.33 bits per heavy atom. The highest BCUT2D eigenvalue weighted by atomic mass is 16.6. The fraction of sp³-hybridized carbons (Fsp3) is 0.857. The molecule has 0 aromatic rings. The van der Waals surface area contributed by atoms with Crippen molar-refractivity contribution in [3.63, 3.8) is 0 Å². The van der Waals surface area contributed by atoms with Crippen molar-refractivity contribution in [2.75, 3.05) is 13.2 Å². The van der Waals surface area contributed by atoms with Crippen molar-refractivity contribution in [2.45, 2.75) is 20.2 Å². The summed E-state index contributed by atoms with van der Waals surface area (Å²) < 4.78 is 9.53. The van der Waals surface area contributed by atoms with Crippen LogP contribution in [0.2, 0.25) is 0 Å². The Hall–Kier alpha value is -0.650. The van der Waals surface area contributed by atoms with Crippen LogP contribution >= 0.6 is 0 Å². The minimum Gasteiger partial charge on any atom is -0.463 e. The topological polar surface area (TPSA) is 87.6 Å². The van der Waals surface area contributed by atoms with Crippen LogP contribution in [0.4, 0.5) is 0 Å². The lowest BCUT2D eigenvalue weighted by Gasteiger charge is -2.09. The Bertz CT molecular complexity index is 137. The van der Waals surface area contributed by atoms with Gasteiger partial charge in [0.2, 0.25) is 0 Å². The summed E-state index contributed by atoms with van der Waals surface area (Å²) in [4.78, 5) is 10.8. The molecule has 0 heterocycles. The number of esters is 1. The zero-order valence-electron chi connectivity index (χ0n) is 7.45. The first-order valence-corrected chi connectivity index (χ1v) is 3.83. The molecule has 0 unspecified atom stereocenters. The van der Waals surface area contributed by atoms with E-state index in [-0.39, 0.29) is 25.1 Å². The largest absolute Gasteiger partial charge is 0.463 e. The minimum absolute atomic E-state index is 0.114. The molecule has 5 nitrogen and oxygen atoms in total. The van der Waals surface area contributed by atoms with Gasteiger partial charge in [0, 0.05) is 0 Å². The van der Waals surface area contributed by atoms with Gasteiger partial charge in [0.05, 0.1) is 12.5 Å². The molecular formula is C7H16N2O3. The van der Waals surface area contributed by atoms with Gasteiger partial charge in [-0.05, 0) is 0 Å². The third-order valence-corrected chi connectivity index (χ3v) is 1.11. The summed E-state index contributed by atoms with van der Waals surface area (Å²) in [5.41, 5.74) is 10.2. The van der Waals surface area contributed by atoms with Crippen molar-refractivity contribution in [3.8, 4) is 0 Å². The van der Waals surface area contributed by atoms with Gasteiger partial charge in [-0.25, -0.2) is 0 Å². The number of ether oxygens (including phenoxy) is 2. The lowest BCUT2D eigenvalue weighted by molar-refractivity contribution is -0.149. The van der Waals surface area contributed by atoms with Gasteiger partial charge < -0.3 is 9.47 Å². The van der Waals surface area contributed by atoms with Gasteiger partial charge in [-0.3, -0.25) is 16.3 Å². The van der Waals surface area contributed by atoms with Gasteiger partial charge in [-0.1, -0.05) is 13.8 Å². The Labute approximate surface area is 72.0 Å². The molecule has 72 valence electrons. The van der Waals surface area contributed by atoms with Crippen molar-refractivity contribution in [1.29, 1.82) is 0 Å². The van der Waals surface area contributed by atoms with Crippen LogP contribution in [0.3, 0.4) is 0 Å². The quantitative estimate of drug-likeness (QED) is 0.332. The number of hydrogen-bond acceptors (Lipinski definition) is 5. The molecule has 0 rings (SSSR count). The second-order valence-corrected chi connectivity index (χ2v) is 2.66. The van der Waals surface area contributed by atoms with Gasteiger partial charge in [0.1, 0.15) is 6.61 Å². The average Bonchev–Trinajstić information content (AvgIpc) is 1.97. The molecule has 0 aliphatic rings. The zero-order valence-corrected chi connectivity index (χ0v) is 7.45. The van der Waals surface area contributed by atoms with E-state index in [9.17, 15) is 4.79 Å². The Balaban J connectivity index is 3.26. The third-order valence-electron chi connectivity index (χ3n) is 1.11. The average molecular weight is 176 g/mol. The highest BCUT2D eigenvalue weighted by Gasteiger charge is 2.07. The number of rotatable bonds is 5. The molecular weight excluding hydrogens is 160 g/mol. The SMILES string of the molecule is CC(C)C(=O)OCCOC(N)N. The van der Waals surface area contributed by atoms with E-state index in [1.165, 1.54) is 0 Å². The van der Waals surface area contributed by atoms with E-state index in [1.54, 1.807) is 13.8 Å². The van der Waals surface area contributed by atoms with Crippen LogP contribution in [-0.4, -0.2) is 25.5 Å². The van der Waals surface area contributed by atoms with Crippen LogP contribution in [0, 0.1) is 5.92 Å². The summed E-state index contributed by atoms with van der Waals surface area (Å²) >= 11 is 0. The monoisotopic (exact) mass is 176 g/mol. The van der Waals surface area contributed by atoms with Gasteiger partial charge in [0.25, 0.3) is 0 Å². The fourth-order valence-electron chi connectivity index (χ4n) is 0.493. The molecule has 5 heteroatoms. The molecule has 0 aliphatic heterocycles. The maximum absolute atomic E-state index is 10.8. The van der Waals surface area contributed by atoms with Gasteiger partial charge in [0.15, 0.2) is 6.35 Å². The predicted octanol–water partition coefficient (Wildman–Crippen LogP) is -0.597. The molecule has 0 radical (unpaired) electrons. The highest BCUT2D eigenvalue weighted by molar-refractivity contribution is 5.71. The zero-order chi connectivity index (χ0) is 9.56. The van der Waals surface area contributed by atoms with E-state index < -0.39 is 6.35 Å². The smallest absolute Gasteiger partial charge is 0.308 e. The summed E-state index contributed by atoms with van der Waals surface area (Å²) in [5.74, 6) is -0.360. The van der Waals surface area contributed by atoms with Crippen molar-refractivity contribution in [1.82, 2.24) is 0 Å². The lowest BCUT2D eigenvalue weighted by atomic mass is 10.2. The summed E-state index contributed by atoms with van der Waals surface area (Å²) in [6.45, 7) is 3.95. The van der Waals surface area contributed by atoms with Crippen LogP contribution < -0.4 is 11.5 Å². The standard InChI is InChI=1S/C7H16N2O3/c1-5(2)6(10)11-3-4-12-7(8)9/h5,7H,3-4,8-9H2,1-2H3. The molecule has 0 fully saturated rings. The Morgan fingerprint density at radius 3 is 2.33 bits per heavy atom. The van der Waals surface area contributed by atoms with E-state index in [0.29, 0.717) is 0 Å². The minimum atomic E-state index is -0.803. The lowest BCUT2D eigenvalue weighted by Crippen LogP contribution is -2.34. The number of carbonyl (C=O) groups excluding carboxylic acids is 1. The van der Waals surface area contributed by atoms with Crippen LogP contribution in [0.5, 0.6) is 0 Å².